The predicted molar refractivity (Wildman–Crippen MR) is 138 cm³/mol. The summed E-state index contributed by atoms with van der Waals surface area (Å²) in [5.41, 5.74) is 0. The van der Waals surface area contributed by atoms with Crippen molar-refractivity contribution in [3.8, 4) is 0 Å². The highest BCUT2D eigenvalue weighted by Crippen LogP contribution is 2.09. The molecule has 0 aromatic rings. The third-order valence-electron chi connectivity index (χ3n) is 5.60. The van der Waals surface area contributed by atoms with Gasteiger partial charge in [-0.05, 0) is 51.4 Å². The molecule has 0 bridgehead atoms. The van der Waals surface area contributed by atoms with E-state index in [9.17, 15) is 15.0 Å². The molecule has 4 heteroatoms. The normalized spacial score (nSPS) is 14.0. The molecule has 1 amide bonds. The minimum Gasteiger partial charge on any atom is -0.394 e. The van der Waals surface area contributed by atoms with Gasteiger partial charge in [0.1, 0.15) is 0 Å². The average Bonchev–Trinajstić information content (AvgIpc) is 2.79. The van der Waals surface area contributed by atoms with Gasteiger partial charge in [0.2, 0.25) is 5.91 Å². The number of unbranched alkanes of at least 4 members (excludes halogenated alkanes) is 11. The van der Waals surface area contributed by atoms with Crippen LogP contribution in [-0.2, 0) is 4.79 Å². The van der Waals surface area contributed by atoms with Crippen LogP contribution in [0.3, 0.4) is 0 Å². The summed E-state index contributed by atoms with van der Waals surface area (Å²) >= 11 is 0. The van der Waals surface area contributed by atoms with Crippen LogP contribution in [0.15, 0.2) is 36.5 Å². The molecular formula is C28H51NO3. The van der Waals surface area contributed by atoms with Gasteiger partial charge in [-0.25, -0.2) is 0 Å². The van der Waals surface area contributed by atoms with Crippen molar-refractivity contribution < 1.29 is 15.0 Å². The van der Waals surface area contributed by atoms with E-state index in [1.165, 1.54) is 51.4 Å². The third kappa shape index (κ3) is 20.5. The first-order valence-electron chi connectivity index (χ1n) is 13.2. The second-order valence-electron chi connectivity index (χ2n) is 8.74. The van der Waals surface area contributed by atoms with E-state index >= 15 is 0 Å². The van der Waals surface area contributed by atoms with E-state index in [0.717, 1.165) is 44.9 Å². The Bertz CT molecular complexity index is 499. The van der Waals surface area contributed by atoms with Crippen molar-refractivity contribution in [2.75, 3.05) is 6.61 Å². The molecule has 0 saturated carbocycles. The fraction of sp³-hybridized carbons (Fsp3) is 0.750. The van der Waals surface area contributed by atoms with Crippen LogP contribution < -0.4 is 5.32 Å². The molecule has 4 nitrogen and oxygen atoms in total. The van der Waals surface area contributed by atoms with Crippen molar-refractivity contribution in [3.63, 3.8) is 0 Å². The highest BCUT2D eigenvalue weighted by atomic mass is 16.3. The van der Waals surface area contributed by atoms with Crippen LogP contribution in [0.25, 0.3) is 0 Å². The Morgan fingerprint density at radius 2 is 1.25 bits per heavy atom. The predicted octanol–water partition coefficient (Wildman–Crippen LogP) is 6.77. The Hall–Kier alpha value is -1.39. The van der Waals surface area contributed by atoms with Gasteiger partial charge in [0.05, 0.1) is 18.8 Å². The van der Waals surface area contributed by atoms with Crippen molar-refractivity contribution in [1.29, 1.82) is 0 Å². The number of allylic oxidation sites excluding steroid dienone is 5. The lowest BCUT2D eigenvalue weighted by Crippen LogP contribution is -2.45. The standard InChI is InChI=1S/C28H51NO3/c1-3-5-7-9-11-13-14-16-18-20-22-24-28(32)29-26(25-30)27(31)23-21-19-17-15-12-10-8-6-4-2/h9,11-12,15,21,23,26-27,30-31H,3-8,10,13-14,16-20,22,24-25H2,1-2H3,(H,29,32)/b11-9-,15-12+,23-21+. The summed E-state index contributed by atoms with van der Waals surface area (Å²) in [4.78, 5) is 12.1. The van der Waals surface area contributed by atoms with Gasteiger partial charge in [0.15, 0.2) is 0 Å². The molecule has 0 aliphatic heterocycles. The number of amides is 1. The number of aliphatic hydroxyl groups excluding tert-OH is 2. The maximum atomic E-state index is 12.1. The lowest BCUT2D eigenvalue weighted by molar-refractivity contribution is -0.123. The smallest absolute Gasteiger partial charge is 0.220 e. The van der Waals surface area contributed by atoms with Crippen molar-refractivity contribution >= 4 is 5.91 Å². The largest absolute Gasteiger partial charge is 0.394 e. The van der Waals surface area contributed by atoms with Gasteiger partial charge >= 0.3 is 0 Å². The lowest BCUT2D eigenvalue weighted by Gasteiger charge is -2.19. The second kappa shape index (κ2) is 24.3. The summed E-state index contributed by atoms with van der Waals surface area (Å²) in [6.45, 7) is 4.16. The van der Waals surface area contributed by atoms with Gasteiger partial charge in [0.25, 0.3) is 0 Å². The zero-order valence-electron chi connectivity index (χ0n) is 20.9. The zero-order valence-corrected chi connectivity index (χ0v) is 20.9. The number of nitrogens with one attached hydrogen (secondary N) is 1. The Morgan fingerprint density at radius 3 is 1.91 bits per heavy atom. The Morgan fingerprint density at radius 1 is 0.719 bits per heavy atom. The zero-order chi connectivity index (χ0) is 23.7. The first-order chi connectivity index (χ1) is 15.7. The summed E-state index contributed by atoms with van der Waals surface area (Å²) in [5, 5.41) is 22.5. The van der Waals surface area contributed by atoms with E-state index in [4.69, 9.17) is 0 Å². The summed E-state index contributed by atoms with van der Waals surface area (Å²) in [7, 11) is 0. The van der Waals surface area contributed by atoms with Gasteiger partial charge in [-0.2, -0.15) is 0 Å². The molecule has 32 heavy (non-hydrogen) atoms. The first kappa shape index (κ1) is 30.6. The van der Waals surface area contributed by atoms with E-state index in [2.05, 4.69) is 43.5 Å². The van der Waals surface area contributed by atoms with Crippen LogP contribution in [0, 0.1) is 0 Å². The highest BCUT2D eigenvalue weighted by Gasteiger charge is 2.17. The van der Waals surface area contributed by atoms with E-state index in [1.54, 1.807) is 6.08 Å². The third-order valence-corrected chi connectivity index (χ3v) is 5.60. The summed E-state index contributed by atoms with van der Waals surface area (Å²) in [5.74, 6) is -0.0922. The number of carbonyl (C=O) groups excluding carboxylic acids is 1. The fourth-order valence-corrected chi connectivity index (χ4v) is 3.46. The topological polar surface area (TPSA) is 69.6 Å². The van der Waals surface area contributed by atoms with Crippen LogP contribution in [0.2, 0.25) is 0 Å². The monoisotopic (exact) mass is 449 g/mol. The number of aliphatic hydroxyl groups is 2. The molecule has 2 unspecified atom stereocenters. The van der Waals surface area contributed by atoms with Gasteiger partial charge in [-0.1, -0.05) is 95.2 Å². The molecule has 0 aliphatic carbocycles. The second-order valence-corrected chi connectivity index (χ2v) is 8.74. The number of rotatable bonds is 22. The van der Waals surface area contributed by atoms with E-state index in [-0.39, 0.29) is 12.5 Å². The molecule has 0 fully saturated rings. The maximum absolute atomic E-state index is 12.1. The van der Waals surface area contributed by atoms with Crippen LogP contribution in [-0.4, -0.2) is 34.9 Å². The number of hydrogen-bond donors (Lipinski definition) is 3. The molecule has 0 spiro atoms. The van der Waals surface area contributed by atoms with Crippen LogP contribution in [0.4, 0.5) is 0 Å². The van der Waals surface area contributed by atoms with Crippen LogP contribution in [0.1, 0.15) is 117 Å². The van der Waals surface area contributed by atoms with Gasteiger partial charge in [-0.15, -0.1) is 0 Å². The van der Waals surface area contributed by atoms with Crippen molar-refractivity contribution in [2.24, 2.45) is 0 Å². The SMILES string of the molecule is CCCC/C=C\CCCCCCCC(=O)NC(CO)C(O)/C=C/CC/C=C/CCCCC. The molecule has 0 aliphatic rings. The lowest BCUT2D eigenvalue weighted by atomic mass is 10.1. The summed E-state index contributed by atoms with van der Waals surface area (Å²) in [6.07, 6.45) is 29.3. The van der Waals surface area contributed by atoms with E-state index < -0.39 is 12.1 Å². The fourth-order valence-electron chi connectivity index (χ4n) is 3.46. The van der Waals surface area contributed by atoms with Crippen molar-refractivity contribution in [1.82, 2.24) is 5.32 Å². The molecule has 2 atom stereocenters. The van der Waals surface area contributed by atoms with Gasteiger partial charge in [-0.3, -0.25) is 4.79 Å². The summed E-state index contributed by atoms with van der Waals surface area (Å²) < 4.78 is 0. The molecule has 0 heterocycles. The Balaban J connectivity index is 3.82. The van der Waals surface area contributed by atoms with Gasteiger partial charge < -0.3 is 15.5 Å². The number of carbonyl (C=O) groups is 1. The Labute approximate surface area is 198 Å². The Kier molecular flexibility index (Phi) is 23.2. The van der Waals surface area contributed by atoms with Crippen molar-refractivity contribution in [2.45, 2.75) is 129 Å². The average molecular weight is 450 g/mol. The van der Waals surface area contributed by atoms with Crippen LogP contribution >= 0.6 is 0 Å². The molecule has 0 rings (SSSR count). The molecule has 0 aromatic heterocycles. The quantitative estimate of drug-likeness (QED) is 0.126. The van der Waals surface area contributed by atoms with Gasteiger partial charge in [0, 0.05) is 6.42 Å². The first-order valence-corrected chi connectivity index (χ1v) is 13.2. The van der Waals surface area contributed by atoms with E-state index in [1.807, 2.05) is 6.08 Å². The van der Waals surface area contributed by atoms with Crippen molar-refractivity contribution in [3.05, 3.63) is 36.5 Å². The molecule has 3 N–H and O–H groups in total. The minimum absolute atomic E-state index is 0.0922. The summed E-state index contributed by atoms with van der Waals surface area (Å²) in [6, 6.07) is -0.636. The van der Waals surface area contributed by atoms with E-state index in [0.29, 0.717) is 6.42 Å². The molecule has 0 saturated heterocycles. The minimum atomic E-state index is -0.858. The molecule has 0 aromatic carbocycles. The van der Waals surface area contributed by atoms with Crippen LogP contribution in [0.5, 0.6) is 0 Å². The molecular weight excluding hydrogens is 398 g/mol. The number of hydrogen-bond acceptors (Lipinski definition) is 3. The highest BCUT2D eigenvalue weighted by molar-refractivity contribution is 5.76. The molecule has 0 radical (unpaired) electrons. The molecule has 186 valence electrons. The maximum Gasteiger partial charge on any atom is 0.220 e.